The molecule has 3 rings (SSSR count). The van der Waals surface area contributed by atoms with Crippen LogP contribution in [0.1, 0.15) is 17.0 Å². The number of nitrogens with zero attached hydrogens (tertiary/aromatic N) is 2. The van der Waals surface area contributed by atoms with Gasteiger partial charge in [0.2, 0.25) is 5.71 Å². The highest BCUT2D eigenvalue weighted by Gasteiger charge is 2.10. The van der Waals surface area contributed by atoms with Crippen LogP contribution in [0.25, 0.3) is 11.2 Å². The first-order valence-corrected chi connectivity index (χ1v) is 7.13. The number of oxazole rings is 1. The molecule has 0 bridgehead atoms. The fourth-order valence-corrected chi connectivity index (χ4v) is 2.39. The minimum Gasteiger partial charge on any atom is -0.493 e. The summed E-state index contributed by atoms with van der Waals surface area (Å²) in [7, 11) is 3.27. The van der Waals surface area contributed by atoms with E-state index < -0.39 is 0 Å². The second kappa shape index (κ2) is 6.05. The van der Waals surface area contributed by atoms with Gasteiger partial charge in [0.15, 0.2) is 17.4 Å². The zero-order chi connectivity index (χ0) is 15.5. The van der Waals surface area contributed by atoms with E-state index in [4.69, 9.17) is 13.9 Å². The Bertz CT molecular complexity index is 796. The Morgan fingerprint density at radius 2 is 1.86 bits per heavy atom. The van der Waals surface area contributed by atoms with Crippen LogP contribution in [0, 0.1) is 6.92 Å². The lowest BCUT2D eigenvalue weighted by atomic mass is 10.1. The van der Waals surface area contributed by atoms with Gasteiger partial charge in [-0.3, -0.25) is 0 Å². The van der Waals surface area contributed by atoms with Crippen LogP contribution in [0.2, 0.25) is 0 Å². The molecule has 0 aliphatic rings. The fourth-order valence-electron chi connectivity index (χ4n) is 2.39. The van der Waals surface area contributed by atoms with Crippen molar-refractivity contribution in [3.05, 3.63) is 47.5 Å². The summed E-state index contributed by atoms with van der Waals surface area (Å²) in [5.74, 6) is 2.16. The Morgan fingerprint density at radius 1 is 1.05 bits per heavy atom. The summed E-state index contributed by atoms with van der Waals surface area (Å²) in [5.41, 5.74) is 3.66. The molecule has 0 aliphatic heterocycles. The van der Waals surface area contributed by atoms with E-state index in [9.17, 15) is 0 Å². The molecule has 5 heteroatoms. The third-order valence-corrected chi connectivity index (χ3v) is 3.62. The number of aryl methyl sites for hydroxylation is 3. The van der Waals surface area contributed by atoms with Crippen LogP contribution in [0.3, 0.4) is 0 Å². The summed E-state index contributed by atoms with van der Waals surface area (Å²) in [5, 5.41) is 0. The molecule has 0 amide bonds. The van der Waals surface area contributed by atoms with E-state index in [0.717, 1.165) is 34.6 Å². The van der Waals surface area contributed by atoms with Crippen LogP contribution in [-0.4, -0.2) is 24.2 Å². The molecule has 2 heterocycles. The minimum atomic E-state index is 0.599. The minimum absolute atomic E-state index is 0.599. The van der Waals surface area contributed by atoms with Crippen LogP contribution in [0.4, 0.5) is 0 Å². The number of methoxy groups -OCH3 is 2. The quantitative estimate of drug-likeness (QED) is 0.723. The molecule has 114 valence electrons. The SMILES string of the molecule is COc1ccc(CCc2nc3c(C)ccnc3o2)cc1OC. The summed E-state index contributed by atoms with van der Waals surface area (Å²) in [6, 6.07) is 7.84. The maximum Gasteiger partial charge on any atom is 0.247 e. The van der Waals surface area contributed by atoms with Gasteiger partial charge in [-0.15, -0.1) is 0 Å². The summed E-state index contributed by atoms with van der Waals surface area (Å²) in [6.45, 7) is 2.00. The first-order valence-electron chi connectivity index (χ1n) is 7.13. The molecular formula is C17H18N2O3. The number of pyridine rings is 1. The Kier molecular flexibility index (Phi) is 3.96. The maximum atomic E-state index is 5.69. The van der Waals surface area contributed by atoms with Gasteiger partial charge in [-0.25, -0.2) is 9.97 Å². The van der Waals surface area contributed by atoms with Gasteiger partial charge in [0.05, 0.1) is 14.2 Å². The molecule has 0 aliphatic carbocycles. The van der Waals surface area contributed by atoms with Crippen molar-refractivity contribution in [3.8, 4) is 11.5 Å². The first kappa shape index (κ1) is 14.4. The third-order valence-electron chi connectivity index (χ3n) is 3.62. The number of fused-ring (bicyclic) bond motifs is 1. The van der Waals surface area contributed by atoms with Gasteiger partial charge < -0.3 is 13.9 Å². The molecule has 0 atom stereocenters. The molecule has 0 spiro atoms. The predicted molar refractivity (Wildman–Crippen MR) is 83.5 cm³/mol. The molecular weight excluding hydrogens is 280 g/mol. The Hall–Kier alpha value is -2.56. The normalized spacial score (nSPS) is 10.9. The van der Waals surface area contributed by atoms with E-state index in [1.165, 1.54) is 0 Å². The largest absolute Gasteiger partial charge is 0.493 e. The number of rotatable bonds is 5. The smallest absolute Gasteiger partial charge is 0.247 e. The number of hydrogen-bond donors (Lipinski definition) is 0. The van der Waals surface area contributed by atoms with E-state index in [2.05, 4.69) is 9.97 Å². The van der Waals surface area contributed by atoms with Crippen molar-refractivity contribution in [2.24, 2.45) is 0 Å². The molecule has 0 saturated carbocycles. The van der Waals surface area contributed by atoms with Crippen LogP contribution in [0.15, 0.2) is 34.9 Å². The number of ether oxygens (including phenoxy) is 2. The Labute approximate surface area is 128 Å². The van der Waals surface area contributed by atoms with Crippen molar-refractivity contribution >= 4 is 11.2 Å². The molecule has 5 nitrogen and oxygen atoms in total. The second-order valence-electron chi connectivity index (χ2n) is 5.08. The van der Waals surface area contributed by atoms with Gasteiger partial charge in [0.1, 0.15) is 5.52 Å². The number of aromatic nitrogens is 2. The zero-order valence-electron chi connectivity index (χ0n) is 12.9. The monoisotopic (exact) mass is 298 g/mol. The molecule has 1 aromatic carbocycles. The van der Waals surface area contributed by atoms with Crippen molar-refractivity contribution in [2.45, 2.75) is 19.8 Å². The van der Waals surface area contributed by atoms with Gasteiger partial charge >= 0.3 is 0 Å². The second-order valence-corrected chi connectivity index (χ2v) is 5.08. The average Bonchev–Trinajstić information content (AvgIpc) is 2.97. The van der Waals surface area contributed by atoms with Crippen molar-refractivity contribution in [2.75, 3.05) is 14.2 Å². The van der Waals surface area contributed by atoms with Crippen molar-refractivity contribution < 1.29 is 13.9 Å². The highest BCUT2D eigenvalue weighted by Crippen LogP contribution is 2.28. The highest BCUT2D eigenvalue weighted by atomic mass is 16.5. The van der Waals surface area contributed by atoms with Crippen LogP contribution in [-0.2, 0) is 12.8 Å². The van der Waals surface area contributed by atoms with E-state index in [-0.39, 0.29) is 0 Å². The first-order chi connectivity index (χ1) is 10.7. The summed E-state index contributed by atoms with van der Waals surface area (Å²) in [6.07, 6.45) is 3.26. The van der Waals surface area contributed by atoms with Gasteiger partial charge in [0, 0.05) is 12.6 Å². The topological polar surface area (TPSA) is 57.4 Å². The van der Waals surface area contributed by atoms with Crippen molar-refractivity contribution in [1.82, 2.24) is 9.97 Å². The van der Waals surface area contributed by atoms with Gasteiger partial charge in [-0.1, -0.05) is 6.07 Å². The van der Waals surface area contributed by atoms with Gasteiger partial charge in [-0.2, -0.15) is 0 Å². The number of hydrogen-bond acceptors (Lipinski definition) is 5. The zero-order valence-corrected chi connectivity index (χ0v) is 12.9. The van der Waals surface area contributed by atoms with E-state index in [0.29, 0.717) is 18.0 Å². The van der Waals surface area contributed by atoms with E-state index >= 15 is 0 Å². The molecule has 22 heavy (non-hydrogen) atoms. The van der Waals surface area contributed by atoms with Gasteiger partial charge in [0.25, 0.3) is 0 Å². The molecule has 3 aromatic rings. The molecule has 0 unspecified atom stereocenters. The maximum absolute atomic E-state index is 5.69. The third kappa shape index (κ3) is 2.74. The lowest BCUT2D eigenvalue weighted by Gasteiger charge is -2.08. The lowest BCUT2D eigenvalue weighted by Crippen LogP contribution is -1.95. The standard InChI is InChI=1S/C17H18N2O3/c1-11-8-9-18-17-16(11)19-15(22-17)7-5-12-4-6-13(20-2)14(10-12)21-3/h4,6,8-10H,5,7H2,1-3H3. The predicted octanol–water partition coefficient (Wildman–Crippen LogP) is 3.33. The summed E-state index contributed by atoms with van der Waals surface area (Å²) >= 11 is 0. The molecule has 0 fully saturated rings. The van der Waals surface area contributed by atoms with Crippen LogP contribution >= 0.6 is 0 Å². The van der Waals surface area contributed by atoms with Gasteiger partial charge in [-0.05, 0) is 42.7 Å². The van der Waals surface area contributed by atoms with Crippen LogP contribution < -0.4 is 9.47 Å². The van der Waals surface area contributed by atoms with Crippen molar-refractivity contribution in [3.63, 3.8) is 0 Å². The fraction of sp³-hybridized carbons (Fsp3) is 0.294. The van der Waals surface area contributed by atoms with E-state index in [1.54, 1.807) is 20.4 Å². The molecule has 2 aromatic heterocycles. The van der Waals surface area contributed by atoms with Crippen molar-refractivity contribution in [1.29, 1.82) is 0 Å². The summed E-state index contributed by atoms with van der Waals surface area (Å²) < 4.78 is 16.3. The molecule has 0 radical (unpaired) electrons. The lowest BCUT2D eigenvalue weighted by molar-refractivity contribution is 0.354. The molecule has 0 saturated heterocycles. The molecule has 0 N–H and O–H groups in total. The average molecular weight is 298 g/mol. The van der Waals surface area contributed by atoms with E-state index in [1.807, 2.05) is 31.2 Å². The Balaban J connectivity index is 1.77. The summed E-state index contributed by atoms with van der Waals surface area (Å²) in [4.78, 5) is 8.72. The Morgan fingerprint density at radius 3 is 2.59 bits per heavy atom. The van der Waals surface area contributed by atoms with Crippen LogP contribution in [0.5, 0.6) is 11.5 Å². The highest BCUT2D eigenvalue weighted by molar-refractivity contribution is 5.71. The number of benzene rings is 1.